The zero-order chi connectivity index (χ0) is 69.6. The van der Waals surface area contributed by atoms with Crippen LogP contribution in [0.15, 0.2) is 216 Å². The number of halogens is 3. The van der Waals surface area contributed by atoms with Gasteiger partial charge in [0.25, 0.3) is 0 Å². The molecule has 0 bridgehead atoms. The normalized spacial score (nSPS) is 13.2. The third kappa shape index (κ3) is 17.2. The molecule has 0 atom stereocenters. The van der Waals surface area contributed by atoms with E-state index in [1.165, 1.54) is 76.3 Å². The number of rotatable bonds is 17. The molecule has 27 heteroatoms. The minimum atomic E-state index is -0.113. The lowest BCUT2D eigenvalue weighted by Gasteiger charge is -2.22. The summed E-state index contributed by atoms with van der Waals surface area (Å²) in [6, 6.07) is 41.9. The van der Waals surface area contributed by atoms with Crippen molar-refractivity contribution in [1.82, 2.24) is 78.3 Å². The zero-order valence-electron chi connectivity index (χ0n) is 55.2. The van der Waals surface area contributed by atoms with Gasteiger partial charge in [-0.05, 0) is 114 Å². The number of aromatic amines is 4. The predicted octanol–water partition coefficient (Wildman–Crippen LogP) is 14.4. The summed E-state index contributed by atoms with van der Waals surface area (Å²) in [6.07, 6.45) is 27.3. The Balaban J connectivity index is 0.000000120. The third-order valence-electron chi connectivity index (χ3n) is 17.7. The first-order valence-electron chi connectivity index (χ1n) is 33.6. The van der Waals surface area contributed by atoms with Crippen molar-refractivity contribution in [2.24, 2.45) is 0 Å². The molecule has 2 fully saturated rings. The van der Waals surface area contributed by atoms with E-state index in [4.69, 9.17) is 19.9 Å². The molecule has 0 radical (unpaired) electrons. The minimum absolute atomic E-state index is 0.0920. The first kappa shape index (κ1) is 68.9. The number of pyridine rings is 4. The highest BCUT2D eigenvalue weighted by Crippen LogP contribution is 2.36. The van der Waals surface area contributed by atoms with E-state index in [1.54, 1.807) is 66.1 Å². The maximum Gasteiger partial charge on any atom is 0.248 e. The molecule has 2 aromatic carbocycles. The van der Waals surface area contributed by atoms with Gasteiger partial charge in [-0.25, -0.2) is 19.9 Å². The van der Waals surface area contributed by atoms with E-state index >= 15 is 0 Å². The number of fused-ring (bicyclic) bond motifs is 4. The molecule has 2 saturated carbocycles. The molecule has 0 spiro atoms. The van der Waals surface area contributed by atoms with Crippen LogP contribution in [0.4, 0.5) is 23.3 Å². The van der Waals surface area contributed by atoms with Gasteiger partial charge >= 0.3 is 0 Å². The molecule has 2 aliphatic carbocycles. The highest BCUT2D eigenvalue weighted by Gasteiger charge is 2.23. The van der Waals surface area contributed by atoms with Crippen molar-refractivity contribution >= 4 is 93.6 Å². The molecule has 8 N–H and O–H groups in total. The number of benzene rings is 2. The number of nitrogens with zero attached hydrogens (tertiary/aromatic N) is 12. The standard InChI is InChI=1S/C20H19N5O.C18H20BrN5O.C18H14BrN5O.C18H20BrN5O/c1-2-15-13-23-25-18(22-12-14-8-9-21-19(26)10-14)11-17(24-20(15)25)16-6-4-3-5-7-16;2*19-14-11-22-24-16(20-9-12-6-7-17(25)21-10-12)8-15(23-18(14)24)13-4-2-1-3-5-13;19-14-11-22-24-16(21-10-12-6-7-20-17(25)8-12)9-15(23-18(14)24)13-4-2-1-3-5-13/h3-11,13,22H,2,12H2,1H3,(H,21,26);6-8,10-11,13,20H,1-5,9H2,(H,21,25);1-8,10-11,20H,9H2,(H,21,25);6-9,11,13,21H,1-5,10H2,(H,20,25). The molecule has 101 heavy (non-hydrogen) atoms. The first-order chi connectivity index (χ1) is 49.4. The molecule has 0 aliphatic heterocycles. The van der Waals surface area contributed by atoms with E-state index < -0.39 is 0 Å². The number of aryl methyl sites for hydroxylation is 1. The van der Waals surface area contributed by atoms with Crippen LogP contribution in [0, 0.1) is 0 Å². The maximum atomic E-state index is 11.5. The van der Waals surface area contributed by atoms with Crippen LogP contribution in [0.5, 0.6) is 0 Å². The Labute approximate surface area is 604 Å². The van der Waals surface area contributed by atoms with Crippen LogP contribution >= 0.6 is 47.8 Å². The van der Waals surface area contributed by atoms with Crippen molar-refractivity contribution in [2.75, 3.05) is 21.3 Å². The van der Waals surface area contributed by atoms with Crippen molar-refractivity contribution in [3.8, 4) is 22.5 Å². The Bertz CT molecular complexity index is 5360. The van der Waals surface area contributed by atoms with E-state index in [9.17, 15) is 19.2 Å². The van der Waals surface area contributed by atoms with E-state index in [2.05, 4.69) is 128 Å². The number of hydrogen-bond acceptors (Lipinski definition) is 16. The maximum absolute atomic E-state index is 11.5. The molecule has 0 saturated heterocycles. The van der Waals surface area contributed by atoms with Crippen LogP contribution in [0.2, 0.25) is 0 Å². The van der Waals surface area contributed by atoms with Gasteiger partial charge in [0.1, 0.15) is 23.3 Å². The molecule has 16 rings (SSSR count). The van der Waals surface area contributed by atoms with Crippen LogP contribution in [-0.4, -0.2) is 78.3 Å². The zero-order valence-corrected chi connectivity index (χ0v) is 60.0. The lowest BCUT2D eigenvalue weighted by Crippen LogP contribution is -2.12. The largest absolute Gasteiger partial charge is 0.366 e. The second kappa shape index (κ2) is 32.6. The molecule has 24 nitrogen and oxygen atoms in total. The van der Waals surface area contributed by atoms with Crippen LogP contribution < -0.4 is 43.5 Å². The van der Waals surface area contributed by atoms with Crippen LogP contribution in [-0.2, 0) is 32.6 Å². The Hall–Kier alpha value is -10.6. The average molecular weight is 1550 g/mol. The monoisotopic (exact) mass is 1540 g/mol. The summed E-state index contributed by atoms with van der Waals surface area (Å²) >= 11 is 10.6. The summed E-state index contributed by atoms with van der Waals surface area (Å²) in [4.78, 5) is 75.2. The number of aromatic nitrogens is 16. The van der Waals surface area contributed by atoms with E-state index in [1.807, 2.05) is 111 Å². The molecule has 514 valence electrons. The van der Waals surface area contributed by atoms with E-state index in [0.29, 0.717) is 38.0 Å². The fourth-order valence-corrected chi connectivity index (χ4v) is 13.5. The van der Waals surface area contributed by atoms with Gasteiger partial charge in [-0.15, -0.1) is 0 Å². The summed E-state index contributed by atoms with van der Waals surface area (Å²) in [5.74, 6) is 4.52. The van der Waals surface area contributed by atoms with Crippen LogP contribution in [0.3, 0.4) is 0 Å². The Morgan fingerprint density at radius 2 is 0.772 bits per heavy atom. The molecule has 14 aromatic rings. The topological polar surface area (TPSA) is 300 Å². The highest BCUT2D eigenvalue weighted by molar-refractivity contribution is 9.11. The Morgan fingerprint density at radius 1 is 0.396 bits per heavy atom. The summed E-state index contributed by atoms with van der Waals surface area (Å²) < 4.78 is 9.82. The van der Waals surface area contributed by atoms with Crippen molar-refractivity contribution in [3.05, 3.63) is 277 Å². The first-order valence-corrected chi connectivity index (χ1v) is 36.0. The van der Waals surface area contributed by atoms with E-state index in [0.717, 1.165) is 127 Å². The van der Waals surface area contributed by atoms with Gasteiger partial charge in [-0.1, -0.05) is 118 Å². The fourth-order valence-electron chi connectivity index (χ4n) is 12.4. The summed E-state index contributed by atoms with van der Waals surface area (Å²) in [7, 11) is 0. The van der Waals surface area contributed by atoms with Crippen molar-refractivity contribution in [2.45, 2.75) is 116 Å². The molecule has 12 aromatic heterocycles. The SMILES string of the molecule is CCc1cnn2c(NCc3cc[nH]c(=O)c3)cc(-c3ccccc3)nc12.O=c1cc(CNc2cc(C3CCCCC3)nc3c(Br)cnn23)cc[nH]1.O=c1ccc(CNc2cc(-c3ccccc3)nc3c(Br)cnn23)c[nH]1.O=c1ccc(CNc2cc(C3CCCCC3)nc3c(Br)cnn23)c[nH]1. The molecule has 2 aliphatic rings. The molecular formula is C74H73Br3N20O4. The molecular weight excluding hydrogens is 1470 g/mol. The number of anilines is 4. The fraction of sp³-hybridized carbons (Fsp3) is 0.243. The van der Waals surface area contributed by atoms with Crippen molar-refractivity contribution < 1.29 is 0 Å². The van der Waals surface area contributed by atoms with Crippen molar-refractivity contribution in [1.29, 1.82) is 0 Å². The highest BCUT2D eigenvalue weighted by atomic mass is 79.9. The van der Waals surface area contributed by atoms with Gasteiger partial charge in [0.15, 0.2) is 22.6 Å². The van der Waals surface area contributed by atoms with Gasteiger partial charge in [-0.3, -0.25) is 19.2 Å². The lowest BCUT2D eigenvalue weighted by atomic mass is 9.87. The number of nitrogens with one attached hydrogen (secondary N) is 8. The number of hydrogen-bond donors (Lipinski definition) is 8. The van der Waals surface area contributed by atoms with Gasteiger partial charge in [0.2, 0.25) is 22.2 Å². The van der Waals surface area contributed by atoms with Gasteiger partial charge < -0.3 is 41.2 Å². The van der Waals surface area contributed by atoms with E-state index in [-0.39, 0.29) is 22.2 Å². The summed E-state index contributed by atoms with van der Waals surface area (Å²) in [5.41, 5.74) is 13.9. The summed E-state index contributed by atoms with van der Waals surface area (Å²) in [5, 5.41) is 31.3. The van der Waals surface area contributed by atoms with Gasteiger partial charge in [0, 0.05) is 139 Å². The van der Waals surface area contributed by atoms with Gasteiger partial charge in [0.05, 0.1) is 49.6 Å². The van der Waals surface area contributed by atoms with Crippen LogP contribution in [0.1, 0.15) is 122 Å². The number of H-pyrrole nitrogens is 4. The van der Waals surface area contributed by atoms with Gasteiger partial charge in [-0.2, -0.15) is 38.5 Å². The third-order valence-corrected chi connectivity index (χ3v) is 19.4. The predicted molar refractivity (Wildman–Crippen MR) is 405 cm³/mol. The molecule has 0 unspecified atom stereocenters. The van der Waals surface area contributed by atoms with Crippen LogP contribution in [0.25, 0.3) is 45.1 Å². The average Bonchev–Trinajstić information content (AvgIpc) is 1.72. The molecule has 0 amide bonds. The smallest absolute Gasteiger partial charge is 0.248 e. The lowest BCUT2D eigenvalue weighted by molar-refractivity contribution is 0.437. The Kier molecular flexibility index (Phi) is 22.2. The second-order valence-electron chi connectivity index (χ2n) is 24.7. The second-order valence-corrected chi connectivity index (χ2v) is 27.3. The summed E-state index contributed by atoms with van der Waals surface area (Å²) in [6.45, 7) is 4.35. The molecule has 12 heterocycles. The quantitative estimate of drug-likeness (QED) is 0.0420. The van der Waals surface area contributed by atoms with Crippen molar-refractivity contribution in [3.63, 3.8) is 0 Å². The minimum Gasteiger partial charge on any atom is -0.366 e. The Morgan fingerprint density at radius 3 is 1.17 bits per heavy atom.